The Balaban J connectivity index is 1.74. The number of aliphatic hydroxyl groups is 1. The van der Waals surface area contributed by atoms with Crippen molar-refractivity contribution in [3.63, 3.8) is 0 Å². The highest BCUT2D eigenvalue weighted by atomic mass is 32.1. The summed E-state index contributed by atoms with van der Waals surface area (Å²) >= 11 is 1.69. The van der Waals surface area contributed by atoms with Crippen molar-refractivity contribution in [2.24, 2.45) is 0 Å². The molecule has 0 aromatic carbocycles. The average Bonchev–Trinajstić information content (AvgIpc) is 2.97. The number of imidazole rings is 1. The molecule has 110 valence electrons. The maximum absolute atomic E-state index is 9.18. The van der Waals surface area contributed by atoms with Crippen molar-refractivity contribution in [1.82, 2.24) is 19.2 Å². The van der Waals surface area contributed by atoms with Crippen LogP contribution in [0.1, 0.15) is 17.8 Å². The Labute approximate surface area is 123 Å². The number of nitrogens with zero attached hydrogens (tertiary/aromatic N) is 4. The Morgan fingerprint density at radius 1 is 1.45 bits per heavy atom. The molecule has 3 heterocycles. The number of rotatable bonds is 4. The molecule has 2 aromatic heterocycles. The standard InChI is InChI=1S/C14H22N4OS/c1-11-13(18-6-8-20-14(18)15-11)10-17-5-4-16(2)12(9-17)3-7-19/h6,8,12,19H,3-5,7,9-10H2,1-2H3/t12-/m0/s1. The van der Waals surface area contributed by atoms with Gasteiger partial charge in [-0.15, -0.1) is 11.3 Å². The van der Waals surface area contributed by atoms with Crippen LogP contribution in [0.2, 0.25) is 0 Å². The molecule has 1 saturated heterocycles. The maximum atomic E-state index is 9.18. The van der Waals surface area contributed by atoms with E-state index in [0.717, 1.165) is 43.3 Å². The first-order valence-corrected chi connectivity index (χ1v) is 8.01. The van der Waals surface area contributed by atoms with Gasteiger partial charge < -0.3 is 10.0 Å². The SMILES string of the molecule is Cc1nc2sccn2c1CN1CCN(C)[C@@H](CCO)C1. The molecule has 0 aliphatic carbocycles. The van der Waals surface area contributed by atoms with Gasteiger partial charge in [-0.3, -0.25) is 9.30 Å². The van der Waals surface area contributed by atoms with E-state index in [4.69, 9.17) is 0 Å². The van der Waals surface area contributed by atoms with Gasteiger partial charge >= 0.3 is 0 Å². The molecule has 0 unspecified atom stereocenters. The summed E-state index contributed by atoms with van der Waals surface area (Å²) in [6, 6.07) is 0.458. The van der Waals surface area contributed by atoms with E-state index in [1.165, 1.54) is 5.69 Å². The minimum atomic E-state index is 0.267. The van der Waals surface area contributed by atoms with Crippen LogP contribution in [0.5, 0.6) is 0 Å². The first-order chi connectivity index (χ1) is 9.69. The van der Waals surface area contributed by atoms with Gasteiger partial charge in [-0.05, 0) is 20.4 Å². The van der Waals surface area contributed by atoms with Gasteiger partial charge in [0.1, 0.15) is 0 Å². The Morgan fingerprint density at radius 2 is 2.30 bits per heavy atom. The predicted octanol–water partition coefficient (Wildman–Crippen LogP) is 1.20. The minimum Gasteiger partial charge on any atom is -0.396 e. The average molecular weight is 294 g/mol. The normalized spacial score (nSPS) is 21.9. The zero-order chi connectivity index (χ0) is 14.1. The van der Waals surface area contributed by atoms with E-state index in [0.29, 0.717) is 6.04 Å². The fourth-order valence-electron chi connectivity index (χ4n) is 2.96. The summed E-state index contributed by atoms with van der Waals surface area (Å²) in [4.78, 5) is 10.5. The van der Waals surface area contributed by atoms with E-state index in [1.807, 2.05) is 0 Å². The van der Waals surface area contributed by atoms with E-state index in [1.54, 1.807) is 11.3 Å². The summed E-state index contributed by atoms with van der Waals surface area (Å²) in [6.45, 7) is 6.47. The van der Waals surface area contributed by atoms with Crippen LogP contribution in [-0.4, -0.2) is 63.6 Å². The summed E-state index contributed by atoms with van der Waals surface area (Å²) < 4.78 is 2.21. The summed E-state index contributed by atoms with van der Waals surface area (Å²) in [6.07, 6.45) is 2.96. The second kappa shape index (κ2) is 5.81. The molecule has 1 aliphatic rings. The maximum Gasteiger partial charge on any atom is 0.194 e. The third-order valence-corrected chi connectivity index (χ3v) is 5.01. The fourth-order valence-corrected chi connectivity index (χ4v) is 3.74. The van der Waals surface area contributed by atoms with E-state index in [9.17, 15) is 5.11 Å². The highest BCUT2D eigenvalue weighted by Gasteiger charge is 2.25. The number of likely N-dealkylation sites (N-methyl/N-ethyl adjacent to an activating group) is 1. The quantitative estimate of drug-likeness (QED) is 0.920. The topological polar surface area (TPSA) is 44.0 Å². The lowest BCUT2D eigenvalue weighted by molar-refractivity contribution is 0.0733. The number of thiazole rings is 1. The van der Waals surface area contributed by atoms with Gasteiger partial charge in [-0.2, -0.15) is 0 Å². The fraction of sp³-hybridized carbons (Fsp3) is 0.643. The van der Waals surface area contributed by atoms with Crippen molar-refractivity contribution in [3.05, 3.63) is 23.0 Å². The molecule has 1 N–H and O–H groups in total. The lowest BCUT2D eigenvalue weighted by atomic mass is 10.1. The van der Waals surface area contributed by atoms with Gasteiger partial charge in [0.15, 0.2) is 4.96 Å². The molecule has 20 heavy (non-hydrogen) atoms. The number of aliphatic hydroxyl groups excluding tert-OH is 1. The lowest BCUT2D eigenvalue weighted by Crippen LogP contribution is -2.51. The van der Waals surface area contributed by atoms with Crippen molar-refractivity contribution in [1.29, 1.82) is 0 Å². The number of hydrogen-bond acceptors (Lipinski definition) is 5. The first kappa shape index (κ1) is 14.0. The second-order valence-corrected chi connectivity index (χ2v) is 6.45. The monoisotopic (exact) mass is 294 g/mol. The van der Waals surface area contributed by atoms with Crippen LogP contribution in [0.3, 0.4) is 0 Å². The van der Waals surface area contributed by atoms with Gasteiger partial charge in [0.05, 0.1) is 11.4 Å². The van der Waals surface area contributed by atoms with Crippen LogP contribution in [0.25, 0.3) is 4.96 Å². The van der Waals surface area contributed by atoms with E-state index in [-0.39, 0.29) is 6.61 Å². The van der Waals surface area contributed by atoms with Crippen LogP contribution in [0, 0.1) is 6.92 Å². The smallest absolute Gasteiger partial charge is 0.194 e. The van der Waals surface area contributed by atoms with Gasteiger partial charge in [-0.25, -0.2) is 4.98 Å². The second-order valence-electron chi connectivity index (χ2n) is 5.58. The highest BCUT2D eigenvalue weighted by Crippen LogP contribution is 2.20. The van der Waals surface area contributed by atoms with Crippen molar-refractivity contribution in [3.8, 4) is 0 Å². The number of hydrogen-bond donors (Lipinski definition) is 1. The van der Waals surface area contributed by atoms with E-state index < -0.39 is 0 Å². The van der Waals surface area contributed by atoms with Gasteiger partial charge in [0.2, 0.25) is 0 Å². The summed E-state index contributed by atoms with van der Waals surface area (Å²) in [5.41, 5.74) is 2.43. The molecule has 0 spiro atoms. The van der Waals surface area contributed by atoms with Crippen LogP contribution in [0.15, 0.2) is 11.6 Å². The molecule has 0 radical (unpaired) electrons. The third-order valence-electron chi connectivity index (χ3n) is 4.26. The zero-order valence-electron chi connectivity index (χ0n) is 12.1. The minimum absolute atomic E-state index is 0.267. The van der Waals surface area contributed by atoms with Crippen LogP contribution in [-0.2, 0) is 6.54 Å². The van der Waals surface area contributed by atoms with Crippen molar-refractivity contribution < 1.29 is 5.11 Å². The molecule has 0 saturated carbocycles. The molecular weight excluding hydrogens is 272 g/mol. The van der Waals surface area contributed by atoms with Crippen LogP contribution >= 0.6 is 11.3 Å². The first-order valence-electron chi connectivity index (χ1n) is 7.13. The molecular formula is C14H22N4OS. The summed E-state index contributed by atoms with van der Waals surface area (Å²) in [5, 5.41) is 11.3. The molecule has 1 atom stereocenters. The van der Waals surface area contributed by atoms with Crippen molar-refractivity contribution in [2.45, 2.75) is 25.9 Å². The molecule has 0 amide bonds. The number of fused-ring (bicyclic) bond motifs is 1. The molecule has 3 rings (SSSR count). The molecule has 0 bridgehead atoms. The zero-order valence-corrected chi connectivity index (χ0v) is 12.9. The van der Waals surface area contributed by atoms with Crippen LogP contribution in [0.4, 0.5) is 0 Å². The third kappa shape index (κ3) is 2.61. The number of aromatic nitrogens is 2. The highest BCUT2D eigenvalue weighted by molar-refractivity contribution is 7.15. The Morgan fingerprint density at radius 3 is 3.10 bits per heavy atom. The van der Waals surface area contributed by atoms with Gasteiger partial charge in [-0.1, -0.05) is 0 Å². The Bertz CT molecular complexity index is 579. The lowest BCUT2D eigenvalue weighted by Gasteiger charge is -2.39. The van der Waals surface area contributed by atoms with Gasteiger partial charge in [0.25, 0.3) is 0 Å². The summed E-state index contributed by atoms with van der Waals surface area (Å²) in [7, 11) is 2.15. The summed E-state index contributed by atoms with van der Waals surface area (Å²) in [5.74, 6) is 0. The molecule has 1 aliphatic heterocycles. The largest absolute Gasteiger partial charge is 0.396 e. The molecule has 2 aromatic rings. The molecule has 5 nitrogen and oxygen atoms in total. The van der Waals surface area contributed by atoms with Crippen LogP contribution < -0.4 is 0 Å². The predicted molar refractivity (Wildman–Crippen MR) is 81.2 cm³/mol. The Kier molecular flexibility index (Phi) is 4.07. The molecule has 1 fully saturated rings. The number of piperazine rings is 1. The number of aryl methyl sites for hydroxylation is 1. The Hall–Kier alpha value is -0.950. The van der Waals surface area contributed by atoms with Crippen molar-refractivity contribution >= 4 is 16.3 Å². The van der Waals surface area contributed by atoms with E-state index in [2.05, 4.69) is 44.7 Å². The van der Waals surface area contributed by atoms with Crippen molar-refractivity contribution in [2.75, 3.05) is 33.3 Å². The van der Waals surface area contributed by atoms with Gasteiger partial charge in [0, 0.05) is 50.4 Å². The van der Waals surface area contributed by atoms with E-state index >= 15 is 0 Å². The molecule has 6 heteroatoms.